The highest BCUT2D eigenvalue weighted by atomic mass is 19.3. The summed E-state index contributed by atoms with van der Waals surface area (Å²) in [5.41, 5.74) is 1.05. The summed E-state index contributed by atoms with van der Waals surface area (Å²) < 4.78 is 25.3. The van der Waals surface area contributed by atoms with E-state index < -0.39 is 25.0 Å². The molecule has 0 unspecified atom stereocenters. The molecule has 0 aliphatic rings. The molecule has 2 N–H and O–H groups in total. The molecule has 0 bridgehead atoms. The molecule has 1 aromatic carbocycles. The highest BCUT2D eigenvalue weighted by Gasteiger charge is 2.27. The third-order valence-corrected chi connectivity index (χ3v) is 2.20. The first-order valence-corrected chi connectivity index (χ1v) is 5.41. The van der Waals surface area contributed by atoms with Gasteiger partial charge in [-0.2, -0.15) is 5.26 Å². The van der Waals surface area contributed by atoms with Crippen molar-refractivity contribution in [2.24, 2.45) is 0 Å². The molecular formula is C13H12F2N2O2. The number of aliphatic hydroxyl groups is 1. The van der Waals surface area contributed by atoms with Crippen LogP contribution >= 0.6 is 0 Å². The third-order valence-electron chi connectivity index (χ3n) is 2.20. The lowest BCUT2D eigenvalue weighted by molar-refractivity contribution is -0.119. The Labute approximate surface area is 109 Å². The monoisotopic (exact) mass is 266 g/mol. The van der Waals surface area contributed by atoms with Crippen LogP contribution in [0.15, 0.2) is 30.3 Å². The number of carbonyl (C=O) groups excluding carboxylic acids is 1. The van der Waals surface area contributed by atoms with Gasteiger partial charge in [-0.25, -0.2) is 8.78 Å². The summed E-state index contributed by atoms with van der Waals surface area (Å²) in [6.45, 7) is -2.24. The van der Waals surface area contributed by atoms with Crippen molar-refractivity contribution in [2.45, 2.75) is 5.92 Å². The van der Waals surface area contributed by atoms with Gasteiger partial charge in [-0.15, -0.1) is 0 Å². The molecule has 0 aliphatic carbocycles. The minimum atomic E-state index is -3.33. The molecule has 0 aliphatic heterocycles. The number of hydrogen-bond donors (Lipinski definition) is 2. The minimum Gasteiger partial charge on any atom is -0.390 e. The van der Waals surface area contributed by atoms with Crippen LogP contribution < -0.4 is 5.32 Å². The van der Waals surface area contributed by atoms with Crippen LogP contribution in [0.5, 0.6) is 0 Å². The molecule has 100 valence electrons. The number of nitriles is 1. The number of alkyl halides is 2. The summed E-state index contributed by atoms with van der Waals surface area (Å²) in [7, 11) is 0. The maximum atomic E-state index is 12.7. The molecule has 1 rings (SSSR count). The average Bonchev–Trinajstić information content (AvgIpc) is 2.43. The molecule has 1 amide bonds. The fraction of sp³-hybridized carbons (Fsp3) is 0.231. The smallest absolute Gasteiger partial charge is 0.287 e. The van der Waals surface area contributed by atoms with Crippen molar-refractivity contribution in [2.75, 3.05) is 13.2 Å². The molecule has 0 heterocycles. The molecule has 0 spiro atoms. The summed E-state index contributed by atoms with van der Waals surface area (Å²) in [4.78, 5) is 11.3. The molecule has 0 radical (unpaired) electrons. The Morgan fingerprint density at radius 2 is 2.26 bits per heavy atom. The van der Waals surface area contributed by atoms with Crippen molar-refractivity contribution in [3.63, 3.8) is 0 Å². The van der Waals surface area contributed by atoms with Gasteiger partial charge in [0.25, 0.3) is 5.92 Å². The quantitative estimate of drug-likeness (QED) is 0.789. The van der Waals surface area contributed by atoms with Crippen LogP contribution in [-0.4, -0.2) is 30.1 Å². The Hall–Kier alpha value is -2.26. The molecule has 1 aromatic rings. The highest BCUT2D eigenvalue weighted by Crippen LogP contribution is 2.10. The van der Waals surface area contributed by atoms with Crippen molar-refractivity contribution in [3.05, 3.63) is 41.5 Å². The minimum absolute atomic E-state index is 0.439. The van der Waals surface area contributed by atoms with Crippen LogP contribution in [0.3, 0.4) is 0 Å². The third kappa shape index (κ3) is 5.27. The molecule has 6 heteroatoms. The van der Waals surface area contributed by atoms with Crippen LogP contribution in [-0.2, 0) is 4.79 Å². The van der Waals surface area contributed by atoms with E-state index in [1.165, 1.54) is 6.08 Å². The number of hydrogen-bond acceptors (Lipinski definition) is 3. The van der Waals surface area contributed by atoms with Gasteiger partial charge in [-0.05, 0) is 23.8 Å². The Kier molecular flexibility index (Phi) is 5.15. The Morgan fingerprint density at radius 3 is 2.89 bits per heavy atom. The molecule has 0 saturated carbocycles. The molecule has 0 atom stereocenters. The number of halogens is 2. The normalized spacial score (nSPS) is 11.3. The lowest BCUT2D eigenvalue weighted by Gasteiger charge is -2.12. The van der Waals surface area contributed by atoms with E-state index in [-0.39, 0.29) is 0 Å². The van der Waals surface area contributed by atoms with Gasteiger partial charge in [-0.1, -0.05) is 12.1 Å². The Bertz CT molecular complexity index is 522. The zero-order valence-corrected chi connectivity index (χ0v) is 9.94. The standard InChI is InChI=1S/C13H12F2N2O2/c14-13(15,9-18)8-17-12(19)5-4-10-2-1-3-11(6-10)7-16/h1-6,18H,8-9H2,(H,17,19)/b5-4+. The van der Waals surface area contributed by atoms with E-state index in [1.54, 1.807) is 24.3 Å². The number of nitrogens with one attached hydrogen (secondary N) is 1. The zero-order valence-electron chi connectivity index (χ0n) is 9.94. The van der Waals surface area contributed by atoms with Crippen molar-refractivity contribution < 1.29 is 18.7 Å². The van der Waals surface area contributed by atoms with Crippen molar-refractivity contribution in [1.29, 1.82) is 5.26 Å². The number of carbonyl (C=O) groups is 1. The van der Waals surface area contributed by atoms with E-state index >= 15 is 0 Å². The predicted octanol–water partition coefficient (Wildman–Crippen LogP) is 1.32. The van der Waals surface area contributed by atoms with E-state index in [4.69, 9.17) is 10.4 Å². The highest BCUT2D eigenvalue weighted by molar-refractivity contribution is 5.91. The van der Waals surface area contributed by atoms with Gasteiger partial charge < -0.3 is 10.4 Å². The molecule has 4 nitrogen and oxygen atoms in total. The first kappa shape index (κ1) is 14.8. The van der Waals surface area contributed by atoms with Gasteiger partial charge in [0.1, 0.15) is 6.61 Å². The summed E-state index contributed by atoms with van der Waals surface area (Å²) in [5.74, 6) is -4.03. The van der Waals surface area contributed by atoms with Crippen LogP contribution in [0.25, 0.3) is 6.08 Å². The van der Waals surface area contributed by atoms with Crippen molar-refractivity contribution in [1.82, 2.24) is 5.32 Å². The summed E-state index contributed by atoms with van der Waals surface area (Å²) in [6.07, 6.45) is 2.50. The molecule has 19 heavy (non-hydrogen) atoms. The fourth-order valence-corrected chi connectivity index (χ4v) is 1.22. The van der Waals surface area contributed by atoms with E-state index in [0.29, 0.717) is 11.1 Å². The van der Waals surface area contributed by atoms with Gasteiger partial charge >= 0.3 is 0 Å². The zero-order chi connectivity index (χ0) is 14.3. The molecule has 0 saturated heterocycles. The average molecular weight is 266 g/mol. The summed E-state index contributed by atoms with van der Waals surface area (Å²) >= 11 is 0. The second-order valence-electron chi connectivity index (χ2n) is 3.80. The summed E-state index contributed by atoms with van der Waals surface area (Å²) in [6, 6.07) is 8.44. The number of amides is 1. The van der Waals surface area contributed by atoms with E-state index in [1.807, 2.05) is 11.4 Å². The number of nitrogens with zero attached hydrogens (tertiary/aromatic N) is 1. The van der Waals surface area contributed by atoms with Gasteiger partial charge in [0.2, 0.25) is 5.91 Å². The number of benzene rings is 1. The number of aliphatic hydroxyl groups excluding tert-OH is 1. The maximum absolute atomic E-state index is 12.7. The lowest BCUT2D eigenvalue weighted by atomic mass is 10.1. The second kappa shape index (κ2) is 6.61. The number of rotatable bonds is 5. The van der Waals surface area contributed by atoms with Crippen LogP contribution in [0.4, 0.5) is 8.78 Å². The van der Waals surface area contributed by atoms with Gasteiger partial charge in [0.15, 0.2) is 0 Å². The van der Waals surface area contributed by atoms with E-state index in [9.17, 15) is 13.6 Å². The van der Waals surface area contributed by atoms with Gasteiger partial charge in [0, 0.05) is 6.08 Å². The van der Waals surface area contributed by atoms with Crippen LogP contribution in [0, 0.1) is 11.3 Å². The second-order valence-corrected chi connectivity index (χ2v) is 3.80. The molecule has 0 aromatic heterocycles. The van der Waals surface area contributed by atoms with Crippen molar-refractivity contribution >= 4 is 12.0 Å². The topological polar surface area (TPSA) is 73.1 Å². The van der Waals surface area contributed by atoms with Gasteiger partial charge in [0.05, 0.1) is 18.2 Å². The van der Waals surface area contributed by atoms with E-state index in [2.05, 4.69) is 0 Å². The SMILES string of the molecule is N#Cc1cccc(/C=C/C(=O)NCC(F)(F)CO)c1. The first-order valence-electron chi connectivity index (χ1n) is 5.41. The Balaban J connectivity index is 2.57. The van der Waals surface area contributed by atoms with Crippen molar-refractivity contribution in [3.8, 4) is 6.07 Å². The first-order chi connectivity index (χ1) is 8.96. The fourth-order valence-electron chi connectivity index (χ4n) is 1.22. The Morgan fingerprint density at radius 1 is 1.53 bits per heavy atom. The maximum Gasteiger partial charge on any atom is 0.287 e. The summed E-state index contributed by atoms with van der Waals surface area (Å²) in [5, 5.41) is 19.0. The van der Waals surface area contributed by atoms with E-state index in [0.717, 1.165) is 6.08 Å². The molecule has 0 fully saturated rings. The predicted molar refractivity (Wildman–Crippen MR) is 65.2 cm³/mol. The largest absolute Gasteiger partial charge is 0.390 e. The lowest BCUT2D eigenvalue weighted by Crippen LogP contribution is -2.38. The molecular weight excluding hydrogens is 254 g/mol. The van der Waals surface area contributed by atoms with Crippen LogP contribution in [0.1, 0.15) is 11.1 Å². The van der Waals surface area contributed by atoms with Crippen LogP contribution in [0.2, 0.25) is 0 Å². The van der Waals surface area contributed by atoms with Gasteiger partial charge in [-0.3, -0.25) is 4.79 Å².